The smallest absolute Gasteiger partial charge is 0.133 e. The minimum atomic E-state index is 0.170. The lowest BCUT2D eigenvalue weighted by Crippen LogP contribution is -2.32. The van der Waals surface area contributed by atoms with Crippen molar-refractivity contribution in [1.82, 2.24) is 0 Å². The van der Waals surface area contributed by atoms with Crippen LogP contribution in [0, 0.1) is 0 Å². The van der Waals surface area contributed by atoms with E-state index in [-0.39, 0.29) is 11.7 Å². The summed E-state index contributed by atoms with van der Waals surface area (Å²) in [5.41, 5.74) is 0.170. The lowest BCUT2D eigenvalue weighted by molar-refractivity contribution is -0.0749. The van der Waals surface area contributed by atoms with Crippen molar-refractivity contribution in [1.29, 1.82) is 0 Å². The summed E-state index contributed by atoms with van der Waals surface area (Å²) in [6.45, 7) is 0.632. The molecule has 1 aromatic carbocycles. The normalized spacial score (nSPS) is 24.2. The first-order valence-electron chi connectivity index (χ1n) is 7.85. The molecule has 1 spiro atoms. The minimum absolute atomic E-state index is 0.170. The Bertz CT molecular complexity index is 483. The molecule has 1 aromatic rings. The number of rotatable bonds is 4. The van der Waals surface area contributed by atoms with Crippen LogP contribution in [0.3, 0.4) is 0 Å². The van der Waals surface area contributed by atoms with Gasteiger partial charge in [-0.1, -0.05) is 19.3 Å². The second-order valence-electron chi connectivity index (χ2n) is 6.13. The Morgan fingerprint density at radius 3 is 2.76 bits per heavy atom. The summed E-state index contributed by atoms with van der Waals surface area (Å²) in [7, 11) is 1.66. The molecule has 0 aromatic heterocycles. The largest absolute Gasteiger partial charge is 0.497 e. The van der Waals surface area contributed by atoms with E-state index in [9.17, 15) is 0 Å². The van der Waals surface area contributed by atoms with E-state index < -0.39 is 0 Å². The van der Waals surface area contributed by atoms with Gasteiger partial charge < -0.3 is 14.2 Å². The van der Waals surface area contributed by atoms with E-state index in [1.54, 1.807) is 7.11 Å². The molecule has 0 bridgehead atoms. The maximum absolute atomic E-state index is 6.33. The second-order valence-corrected chi connectivity index (χ2v) is 6.98. The van der Waals surface area contributed by atoms with E-state index in [0.717, 1.165) is 22.4 Å². The van der Waals surface area contributed by atoms with Gasteiger partial charge in [0.1, 0.15) is 18.1 Å². The van der Waals surface area contributed by atoms with Gasteiger partial charge in [0, 0.05) is 0 Å². The highest BCUT2D eigenvalue weighted by Gasteiger charge is 2.40. The van der Waals surface area contributed by atoms with E-state index in [2.05, 4.69) is 15.9 Å². The van der Waals surface area contributed by atoms with Crippen molar-refractivity contribution in [3.05, 3.63) is 22.7 Å². The lowest BCUT2D eigenvalue weighted by Gasteiger charge is -2.33. The molecule has 0 amide bonds. The van der Waals surface area contributed by atoms with Crippen molar-refractivity contribution in [3.63, 3.8) is 0 Å². The van der Waals surface area contributed by atoms with E-state index in [0.29, 0.717) is 6.61 Å². The molecule has 1 aliphatic heterocycles. The third-order valence-corrected chi connectivity index (χ3v) is 5.29. The van der Waals surface area contributed by atoms with Gasteiger partial charge in [-0.25, -0.2) is 0 Å². The van der Waals surface area contributed by atoms with E-state index in [1.165, 1.54) is 38.5 Å². The standard InChI is InChI=1S/C17H23BrO3/c1-19-13-5-6-16(15(18)11-13)20-12-14-7-10-17(21-14)8-3-2-4-9-17/h5-6,11,14H,2-4,7-10,12H2,1H3. The van der Waals surface area contributed by atoms with Crippen molar-refractivity contribution in [2.45, 2.75) is 56.7 Å². The van der Waals surface area contributed by atoms with Crippen LogP contribution in [0.2, 0.25) is 0 Å². The lowest BCUT2D eigenvalue weighted by atomic mass is 9.83. The summed E-state index contributed by atoms with van der Waals surface area (Å²) in [4.78, 5) is 0. The topological polar surface area (TPSA) is 27.7 Å². The van der Waals surface area contributed by atoms with Gasteiger partial charge in [-0.2, -0.15) is 0 Å². The van der Waals surface area contributed by atoms with Crippen molar-refractivity contribution in [2.75, 3.05) is 13.7 Å². The molecule has 116 valence electrons. The number of methoxy groups -OCH3 is 1. The Balaban J connectivity index is 1.54. The number of benzene rings is 1. The van der Waals surface area contributed by atoms with Crippen molar-refractivity contribution < 1.29 is 14.2 Å². The summed E-state index contributed by atoms with van der Waals surface area (Å²) in [6, 6.07) is 5.78. The molecule has 1 atom stereocenters. The highest BCUT2D eigenvalue weighted by molar-refractivity contribution is 9.10. The highest BCUT2D eigenvalue weighted by Crippen LogP contribution is 2.42. The molecular weight excluding hydrogens is 332 g/mol. The fourth-order valence-corrected chi connectivity index (χ4v) is 3.96. The minimum Gasteiger partial charge on any atom is -0.497 e. The van der Waals surface area contributed by atoms with Crippen molar-refractivity contribution in [2.24, 2.45) is 0 Å². The second kappa shape index (κ2) is 6.57. The van der Waals surface area contributed by atoms with Gasteiger partial charge in [0.25, 0.3) is 0 Å². The quantitative estimate of drug-likeness (QED) is 0.782. The summed E-state index contributed by atoms with van der Waals surface area (Å²) < 4.78 is 18.4. The van der Waals surface area contributed by atoms with E-state index in [4.69, 9.17) is 14.2 Å². The zero-order valence-electron chi connectivity index (χ0n) is 12.6. The Kier molecular flexibility index (Phi) is 4.75. The zero-order chi connectivity index (χ0) is 14.7. The molecule has 3 nitrogen and oxygen atoms in total. The van der Waals surface area contributed by atoms with Crippen LogP contribution in [0.5, 0.6) is 11.5 Å². The van der Waals surface area contributed by atoms with Gasteiger partial charge in [0.2, 0.25) is 0 Å². The summed E-state index contributed by atoms with van der Waals surface area (Å²) >= 11 is 3.52. The molecule has 1 heterocycles. The molecule has 4 heteroatoms. The van der Waals surface area contributed by atoms with Gasteiger partial charge >= 0.3 is 0 Å². The molecule has 1 saturated carbocycles. The first-order valence-corrected chi connectivity index (χ1v) is 8.64. The molecule has 1 aliphatic carbocycles. The molecule has 0 radical (unpaired) electrons. The number of hydrogen-bond acceptors (Lipinski definition) is 3. The third kappa shape index (κ3) is 3.54. The van der Waals surface area contributed by atoms with Gasteiger partial charge in [-0.15, -0.1) is 0 Å². The van der Waals surface area contributed by atoms with Crippen LogP contribution in [0.1, 0.15) is 44.9 Å². The molecule has 1 unspecified atom stereocenters. The van der Waals surface area contributed by atoms with Crippen LogP contribution in [0.15, 0.2) is 22.7 Å². The fraction of sp³-hybridized carbons (Fsp3) is 0.647. The average Bonchev–Trinajstić information content (AvgIpc) is 2.89. The van der Waals surface area contributed by atoms with Crippen LogP contribution < -0.4 is 9.47 Å². The van der Waals surface area contributed by atoms with Crippen LogP contribution in [0.4, 0.5) is 0 Å². The Morgan fingerprint density at radius 1 is 1.24 bits per heavy atom. The van der Waals surface area contributed by atoms with Crippen LogP contribution in [0.25, 0.3) is 0 Å². The molecule has 3 rings (SSSR count). The first-order chi connectivity index (χ1) is 10.2. The number of hydrogen-bond donors (Lipinski definition) is 0. The van der Waals surface area contributed by atoms with Crippen molar-refractivity contribution in [3.8, 4) is 11.5 Å². The molecule has 1 saturated heterocycles. The van der Waals surface area contributed by atoms with Gasteiger partial charge in [-0.3, -0.25) is 0 Å². The first kappa shape index (κ1) is 15.2. The number of ether oxygens (including phenoxy) is 3. The Labute approximate surface area is 135 Å². The maximum atomic E-state index is 6.33. The summed E-state index contributed by atoms with van der Waals surface area (Å²) in [6.07, 6.45) is 9.02. The molecular formula is C17H23BrO3. The Morgan fingerprint density at radius 2 is 2.05 bits per heavy atom. The zero-order valence-corrected chi connectivity index (χ0v) is 14.2. The molecule has 21 heavy (non-hydrogen) atoms. The average molecular weight is 355 g/mol. The summed E-state index contributed by atoms with van der Waals surface area (Å²) in [5.74, 6) is 1.68. The molecule has 2 aliphatic rings. The highest BCUT2D eigenvalue weighted by atomic mass is 79.9. The third-order valence-electron chi connectivity index (χ3n) is 4.67. The van der Waals surface area contributed by atoms with Crippen LogP contribution in [-0.4, -0.2) is 25.4 Å². The SMILES string of the molecule is COc1ccc(OCC2CCC3(CCCCC3)O2)c(Br)c1. The van der Waals surface area contributed by atoms with Gasteiger partial charge in [0.05, 0.1) is 23.3 Å². The predicted octanol–water partition coefficient (Wildman–Crippen LogP) is 4.72. The summed E-state index contributed by atoms with van der Waals surface area (Å²) in [5, 5.41) is 0. The van der Waals surface area contributed by atoms with Crippen LogP contribution in [-0.2, 0) is 4.74 Å². The van der Waals surface area contributed by atoms with E-state index in [1.807, 2.05) is 18.2 Å². The maximum Gasteiger partial charge on any atom is 0.133 e. The molecule has 0 N–H and O–H groups in total. The van der Waals surface area contributed by atoms with Crippen molar-refractivity contribution >= 4 is 15.9 Å². The fourth-order valence-electron chi connectivity index (χ4n) is 3.49. The Hall–Kier alpha value is -0.740. The molecule has 2 fully saturated rings. The van der Waals surface area contributed by atoms with E-state index >= 15 is 0 Å². The van der Waals surface area contributed by atoms with Gasteiger partial charge in [-0.05, 0) is 59.8 Å². The predicted molar refractivity (Wildman–Crippen MR) is 86.1 cm³/mol. The van der Waals surface area contributed by atoms with Crippen LogP contribution >= 0.6 is 15.9 Å². The van der Waals surface area contributed by atoms with Gasteiger partial charge in [0.15, 0.2) is 0 Å². The monoisotopic (exact) mass is 354 g/mol. The number of halogens is 1.